The van der Waals surface area contributed by atoms with Gasteiger partial charge in [0.05, 0.1) is 20.2 Å². The fraction of sp³-hybridized carbons (Fsp3) is 0.0476. The van der Waals surface area contributed by atoms with Crippen LogP contribution in [0.3, 0.4) is 0 Å². The molecule has 0 fully saturated rings. The molecule has 3 aromatic carbocycles. The largest absolute Gasteiger partial charge is 0.268 e. The molecule has 28 heavy (non-hydrogen) atoms. The number of aryl methyl sites for hydroxylation is 1. The van der Waals surface area contributed by atoms with Crippen LogP contribution >= 0.6 is 0 Å². The Hall–Kier alpha value is -2.90. The number of para-hydroxylation sites is 1. The number of hydrogen-bond acceptors (Lipinski definition) is 4. The van der Waals surface area contributed by atoms with E-state index < -0.39 is 19.9 Å². The Labute approximate surface area is 163 Å². The van der Waals surface area contributed by atoms with Gasteiger partial charge in [0.1, 0.15) is 0 Å². The third-order valence-corrected chi connectivity index (χ3v) is 8.05. The Morgan fingerprint density at radius 3 is 1.96 bits per heavy atom. The summed E-state index contributed by atoms with van der Waals surface area (Å²) in [5.41, 5.74) is 1.25. The lowest BCUT2D eigenvalue weighted by atomic mass is 10.2. The monoisotopic (exact) mass is 411 g/mol. The van der Waals surface area contributed by atoms with E-state index in [0.717, 1.165) is 9.54 Å². The van der Waals surface area contributed by atoms with Gasteiger partial charge in [-0.2, -0.15) is 0 Å². The molecular weight excluding hydrogens is 394 g/mol. The van der Waals surface area contributed by atoms with E-state index in [1.807, 2.05) is 6.92 Å². The summed E-state index contributed by atoms with van der Waals surface area (Å²) in [6.45, 7) is 1.87. The molecule has 4 aromatic rings. The van der Waals surface area contributed by atoms with Crippen LogP contribution in [0.25, 0.3) is 10.9 Å². The van der Waals surface area contributed by atoms with E-state index in [2.05, 4.69) is 0 Å². The number of sulfone groups is 1. The van der Waals surface area contributed by atoms with E-state index in [1.54, 1.807) is 54.6 Å². The van der Waals surface area contributed by atoms with Gasteiger partial charge in [-0.1, -0.05) is 54.1 Å². The number of rotatable bonds is 4. The van der Waals surface area contributed by atoms with Gasteiger partial charge in [0.15, 0.2) is 0 Å². The normalized spacial score (nSPS) is 12.3. The molecule has 0 radical (unpaired) electrons. The second-order valence-corrected chi connectivity index (χ2v) is 10.2. The molecular formula is C21H17NO4S2. The van der Waals surface area contributed by atoms with Crippen molar-refractivity contribution >= 4 is 30.8 Å². The van der Waals surface area contributed by atoms with Gasteiger partial charge in [-0.25, -0.2) is 20.8 Å². The Bertz CT molecular complexity index is 1370. The molecule has 0 saturated heterocycles. The molecule has 0 aliphatic carbocycles. The highest BCUT2D eigenvalue weighted by atomic mass is 32.2. The van der Waals surface area contributed by atoms with Crippen LogP contribution in [0, 0.1) is 6.92 Å². The van der Waals surface area contributed by atoms with E-state index in [1.165, 1.54) is 30.5 Å². The fourth-order valence-electron chi connectivity index (χ4n) is 3.08. The zero-order chi connectivity index (χ0) is 19.9. The Kier molecular flexibility index (Phi) is 4.36. The highest BCUT2D eigenvalue weighted by Gasteiger charge is 2.27. The zero-order valence-electron chi connectivity index (χ0n) is 15.0. The van der Waals surface area contributed by atoms with Crippen molar-refractivity contribution in [3.8, 4) is 0 Å². The minimum Gasteiger partial charge on any atom is -0.240 e. The summed E-state index contributed by atoms with van der Waals surface area (Å²) in [6.07, 6.45) is 1.20. The molecule has 0 bridgehead atoms. The highest BCUT2D eigenvalue weighted by Crippen LogP contribution is 2.32. The maximum absolute atomic E-state index is 13.2. The van der Waals surface area contributed by atoms with E-state index in [9.17, 15) is 16.8 Å². The third-order valence-electron chi connectivity index (χ3n) is 4.56. The third kappa shape index (κ3) is 2.93. The van der Waals surface area contributed by atoms with Crippen molar-refractivity contribution in [3.63, 3.8) is 0 Å². The van der Waals surface area contributed by atoms with Crippen molar-refractivity contribution in [1.82, 2.24) is 3.97 Å². The Balaban J connectivity index is 1.99. The summed E-state index contributed by atoms with van der Waals surface area (Å²) >= 11 is 0. The number of aromatic nitrogens is 1. The molecule has 7 heteroatoms. The highest BCUT2D eigenvalue weighted by molar-refractivity contribution is 7.92. The molecule has 0 spiro atoms. The first-order valence-electron chi connectivity index (χ1n) is 8.54. The van der Waals surface area contributed by atoms with Gasteiger partial charge in [0.25, 0.3) is 10.0 Å². The second-order valence-electron chi connectivity index (χ2n) is 6.44. The average Bonchev–Trinajstić information content (AvgIpc) is 3.10. The van der Waals surface area contributed by atoms with Crippen LogP contribution < -0.4 is 0 Å². The summed E-state index contributed by atoms with van der Waals surface area (Å²) in [7, 11) is -7.83. The van der Waals surface area contributed by atoms with Crippen LogP contribution in [0.15, 0.2) is 99.7 Å². The lowest BCUT2D eigenvalue weighted by Gasteiger charge is -2.07. The lowest BCUT2D eigenvalue weighted by Crippen LogP contribution is -2.12. The van der Waals surface area contributed by atoms with Crippen LogP contribution in [-0.2, 0) is 19.9 Å². The van der Waals surface area contributed by atoms with Crippen molar-refractivity contribution in [1.29, 1.82) is 0 Å². The zero-order valence-corrected chi connectivity index (χ0v) is 16.6. The number of nitrogens with zero attached hydrogens (tertiary/aromatic N) is 1. The average molecular weight is 412 g/mol. The van der Waals surface area contributed by atoms with E-state index in [0.29, 0.717) is 10.9 Å². The summed E-state index contributed by atoms with van der Waals surface area (Å²) in [5.74, 6) is 0. The predicted octanol–water partition coefficient (Wildman–Crippen LogP) is 4.02. The molecule has 0 saturated carbocycles. The SMILES string of the molecule is Cc1ccc(S(=O)(=O)c2cn(S(=O)(=O)c3ccccc3)c3ccccc23)cc1. The van der Waals surface area contributed by atoms with Crippen LogP contribution in [0.4, 0.5) is 0 Å². The maximum atomic E-state index is 13.2. The van der Waals surface area contributed by atoms with Crippen molar-refractivity contribution in [2.24, 2.45) is 0 Å². The van der Waals surface area contributed by atoms with Crippen molar-refractivity contribution in [2.75, 3.05) is 0 Å². The van der Waals surface area contributed by atoms with Crippen LogP contribution in [0.5, 0.6) is 0 Å². The topological polar surface area (TPSA) is 73.2 Å². The second kappa shape index (κ2) is 6.61. The fourth-order valence-corrected chi connectivity index (χ4v) is 6.00. The van der Waals surface area contributed by atoms with Crippen LogP contribution in [-0.4, -0.2) is 20.8 Å². The molecule has 0 N–H and O–H groups in total. The van der Waals surface area contributed by atoms with Crippen molar-refractivity contribution in [3.05, 3.63) is 90.6 Å². The van der Waals surface area contributed by atoms with Gasteiger partial charge in [-0.3, -0.25) is 0 Å². The quantitative estimate of drug-likeness (QED) is 0.508. The number of hydrogen-bond donors (Lipinski definition) is 0. The van der Waals surface area contributed by atoms with E-state index in [-0.39, 0.29) is 14.7 Å². The first-order chi connectivity index (χ1) is 13.3. The number of benzene rings is 3. The van der Waals surface area contributed by atoms with Gasteiger partial charge in [0.2, 0.25) is 9.84 Å². The standard InChI is InChI=1S/C21H17NO4S2/c1-16-11-13-17(14-12-16)27(23,24)21-15-22(20-10-6-5-9-19(20)21)28(25,26)18-7-3-2-4-8-18/h2-15H,1H3. The van der Waals surface area contributed by atoms with Gasteiger partial charge in [-0.05, 0) is 37.3 Å². The molecule has 0 aliphatic rings. The molecule has 0 atom stereocenters. The maximum Gasteiger partial charge on any atom is 0.268 e. The molecule has 1 heterocycles. The summed E-state index contributed by atoms with van der Waals surface area (Å²) in [6, 6.07) is 21.0. The Morgan fingerprint density at radius 2 is 1.29 bits per heavy atom. The molecule has 0 aliphatic heterocycles. The van der Waals surface area contributed by atoms with E-state index >= 15 is 0 Å². The van der Waals surface area contributed by atoms with Crippen molar-refractivity contribution < 1.29 is 16.8 Å². The summed E-state index contributed by atoms with van der Waals surface area (Å²) in [5, 5.41) is 0.364. The molecule has 4 rings (SSSR count). The predicted molar refractivity (Wildman–Crippen MR) is 108 cm³/mol. The molecule has 1 aromatic heterocycles. The van der Waals surface area contributed by atoms with Crippen LogP contribution in [0.1, 0.15) is 5.56 Å². The van der Waals surface area contributed by atoms with Gasteiger partial charge in [0, 0.05) is 11.6 Å². The Morgan fingerprint density at radius 1 is 0.679 bits per heavy atom. The van der Waals surface area contributed by atoms with Gasteiger partial charge < -0.3 is 0 Å². The molecule has 0 amide bonds. The summed E-state index contributed by atoms with van der Waals surface area (Å²) in [4.78, 5) is 0.180. The smallest absolute Gasteiger partial charge is 0.240 e. The van der Waals surface area contributed by atoms with Gasteiger partial charge >= 0.3 is 0 Å². The first kappa shape index (κ1) is 18.5. The van der Waals surface area contributed by atoms with E-state index in [4.69, 9.17) is 0 Å². The van der Waals surface area contributed by atoms with Gasteiger partial charge in [-0.15, -0.1) is 0 Å². The number of fused-ring (bicyclic) bond motifs is 1. The minimum atomic E-state index is -3.94. The van der Waals surface area contributed by atoms with Crippen molar-refractivity contribution in [2.45, 2.75) is 21.6 Å². The molecule has 0 unspecified atom stereocenters. The minimum absolute atomic E-state index is 0.0357. The lowest BCUT2D eigenvalue weighted by molar-refractivity contribution is 0.588. The first-order valence-corrected chi connectivity index (χ1v) is 11.5. The van der Waals surface area contributed by atoms with Crippen LogP contribution in [0.2, 0.25) is 0 Å². The molecule has 5 nitrogen and oxygen atoms in total. The summed E-state index contributed by atoms with van der Waals surface area (Å²) < 4.78 is 53.8. The molecule has 142 valence electrons.